The van der Waals surface area contributed by atoms with Crippen LogP contribution in [0.25, 0.3) is 0 Å². The molecule has 2 amide bonds. The normalized spacial score (nSPS) is 22.4. The zero-order valence-corrected chi connectivity index (χ0v) is 11.4. The Kier molecular flexibility index (Phi) is 4.34. The maximum atomic E-state index is 12.8. The predicted octanol–water partition coefficient (Wildman–Crippen LogP) is 1.40. The molecule has 6 heteroatoms. The van der Waals surface area contributed by atoms with Crippen molar-refractivity contribution in [3.8, 4) is 0 Å². The van der Waals surface area contributed by atoms with E-state index in [0.29, 0.717) is 18.8 Å². The molecule has 2 rings (SSSR count). The first-order valence-corrected chi connectivity index (χ1v) is 6.47. The van der Waals surface area contributed by atoms with Gasteiger partial charge in [0.2, 0.25) is 0 Å². The molecule has 0 aliphatic carbocycles. The molecule has 20 heavy (non-hydrogen) atoms. The van der Waals surface area contributed by atoms with Crippen molar-refractivity contribution in [3.63, 3.8) is 0 Å². The number of benzene rings is 1. The van der Waals surface area contributed by atoms with Crippen LogP contribution in [0.5, 0.6) is 0 Å². The second-order valence-corrected chi connectivity index (χ2v) is 4.93. The highest BCUT2D eigenvalue weighted by molar-refractivity contribution is 6.39. The summed E-state index contributed by atoms with van der Waals surface area (Å²) in [6.45, 7) is 4.49. The lowest BCUT2D eigenvalue weighted by Crippen LogP contribution is -2.51. The number of morpholine rings is 1. The number of hydrogen-bond acceptors (Lipinski definition) is 3. The molecule has 0 spiro atoms. The summed E-state index contributed by atoms with van der Waals surface area (Å²) in [6, 6.07) is 5.26. The van der Waals surface area contributed by atoms with Crippen molar-refractivity contribution in [2.45, 2.75) is 26.1 Å². The monoisotopic (exact) mass is 280 g/mol. The molecule has 1 N–H and O–H groups in total. The van der Waals surface area contributed by atoms with E-state index in [-0.39, 0.29) is 12.2 Å². The van der Waals surface area contributed by atoms with Crippen LogP contribution >= 0.6 is 0 Å². The van der Waals surface area contributed by atoms with Crippen LogP contribution in [0.15, 0.2) is 24.3 Å². The lowest BCUT2D eigenvalue weighted by molar-refractivity contribution is -0.151. The van der Waals surface area contributed by atoms with Crippen molar-refractivity contribution in [2.24, 2.45) is 0 Å². The molecule has 5 nitrogen and oxygen atoms in total. The maximum absolute atomic E-state index is 12.8. The molecule has 0 bridgehead atoms. The molecule has 1 heterocycles. The Balaban J connectivity index is 1.98. The summed E-state index contributed by atoms with van der Waals surface area (Å²) in [4.78, 5) is 25.4. The standard InChI is InChI=1S/C14H17FN2O3/c1-9-7-17(8-10(2)20-9)14(19)13(18)16-12-5-3-11(15)4-6-12/h3-6,9-10H,7-8H2,1-2H3,(H,16,18). The molecule has 1 aromatic carbocycles. The summed E-state index contributed by atoms with van der Waals surface area (Å²) in [5.74, 6) is -1.72. The minimum atomic E-state index is -0.724. The molecule has 1 aliphatic rings. The summed E-state index contributed by atoms with van der Waals surface area (Å²) in [6.07, 6.45) is -0.192. The summed E-state index contributed by atoms with van der Waals surface area (Å²) < 4.78 is 18.3. The molecule has 2 unspecified atom stereocenters. The van der Waals surface area contributed by atoms with Crippen LogP contribution in [0.4, 0.5) is 10.1 Å². The quantitative estimate of drug-likeness (QED) is 0.791. The van der Waals surface area contributed by atoms with Gasteiger partial charge in [0, 0.05) is 18.8 Å². The van der Waals surface area contributed by atoms with E-state index in [1.54, 1.807) is 0 Å². The van der Waals surface area contributed by atoms with Gasteiger partial charge >= 0.3 is 11.8 Å². The SMILES string of the molecule is CC1CN(C(=O)C(=O)Nc2ccc(F)cc2)CC(C)O1. The minimum absolute atomic E-state index is 0.0960. The third-order valence-electron chi connectivity index (χ3n) is 3.00. The average Bonchev–Trinajstić information content (AvgIpc) is 2.39. The van der Waals surface area contributed by atoms with E-state index in [4.69, 9.17) is 4.74 Å². The van der Waals surface area contributed by atoms with E-state index < -0.39 is 17.6 Å². The van der Waals surface area contributed by atoms with Crippen LogP contribution in [0, 0.1) is 5.82 Å². The van der Waals surface area contributed by atoms with Gasteiger partial charge in [0.05, 0.1) is 12.2 Å². The van der Waals surface area contributed by atoms with Crippen LogP contribution in [-0.2, 0) is 14.3 Å². The van der Waals surface area contributed by atoms with Gasteiger partial charge in [0.25, 0.3) is 0 Å². The third-order valence-corrected chi connectivity index (χ3v) is 3.00. The summed E-state index contributed by atoms with van der Waals surface area (Å²) in [5.41, 5.74) is 0.388. The first-order valence-electron chi connectivity index (χ1n) is 6.47. The van der Waals surface area contributed by atoms with Gasteiger partial charge in [0.1, 0.15) is 5.82 Å². The van der Waals surface area contributed by atoms with Gasteiger partial charge in [0.15, 0.2) is 0 Å². The van der Waals surface area contributed by atoms with Crippen LogP contribution in [0.3, 0.4) is 0 Å². The summed E-state index contributed by atoms with van der Waals surface area (Å²) in [7, 11) is 0. The molecule has 1 fully saturated rings. The van der Waals surface area contributed by atoms with E-state index in [2.05, 4.69) is 5.32 Å². The molecular formula is C14H17FN2O3. The number of amides is 2. The van der Waals surface area contributed by atoms with Crippen molar-refractivity contribution >= 4 is 17.5 Å². The molecule has 108 valence electrons. The van der Waals surface area contributed by atoms with E-state index in [9.17, 15) is 14.0 Å². The Morgan fingerprint density at radius 1 is 1.20 bits per heavy atom. The molecule has 1 saturated heterocycles. The zero-order valence-electron chi connectivity index (χ0n) is 11.4. The number of halogens is 1. The van der Waals surface area contributed by atoms with Gasteiger partial charge in [-0.15, -0.1) is 0 Å². The van der Waals surface area contributed by atoms with Gasteiger partial charge in [-0.3, -0.25) is 9.59 Å². The first-order chi connectivity index (χ1) is 9.45. The Bertz CT molecular complexity index is 494. The number of carbonyl (C=O) groups excluding carboxylic acids is 2. The number of rotatable bonds is 1. The van der Waals surface area contributed by atoms with Gasteiger partial charge in [-0.1, -0.05) is 0 Å². The van der Waals surface area contributed by atoms with Crippen molar-refractivity contribution < 1.29 is 18.7 Å². The van der Waals surface area contributed by atoms with Crippen molar-refractivity contribution in [2.75, 3.05) is 18.4 Å². The fourth-order valence-corrected chi connectivity index (χ4v) is 2.21. The Hall–Kier alpha value is -1.95. The molecular weight excluding hydrogens is 263 g/mol. The van der Waals surface area contributed by atoms with Crippen LogP contribution < -0.4 is 5.32 Å². The van der Waals surface area contributed by atoms with Gasteiger partial charge in [-0.05, 0) is 38.1 Å². The van der Waals surface area contributed by atoms with E-state index >= 15 is 0 Å². The highest BCUT2D eigenvalue weighted by Gasteiger charge is 2.29. The van der Waals surface area contributed by atoms with Crippen LogP contribution in [-0.4, -0.2) is 42.0 Å². The van der Waals surface area contributed by atoms with E-state index in [0.717, 1.165) is 0 Å². The smallest absolute Gasteiger partial charge is 0.313 e. The zero-order chi connectivity index (χ0) is 14.7. The highest BCUT2D eigenvalue weighted by Crippen LogP contribution is 2.12. The fraction of sp³-hybridized carbons (Fsp3) is 0.429. The third kappa shape index (κ3) is 3.54. The first kappa shape index (κ1) is 14.5. The van der Waals surface area contributed by atoms with Crippen LogP contribution in [0.1, 0.15) is 13.8 Å². The van der Waals surface area contributed by atoms with Gasteiger partial charge < -0.3 is 15.0 Å². The highest BCUT2D eigenvalue weighted by atomic mass is 19.1. The van der Waals surface area contributed by atoms with Crippen molar-refractivity contribution in [1.29, 1.82) is 0 Å². The number of carbonyl (C=O) groups is 2. The fourth-order valence-electron chi connectivity index (χ4n) is 2.21. The molecule has 0 radical (unpaired) electrons. The van der Waals surface area contributed by atoms with Crippen molar-refractivity contribution in [1.82, 2.24) is 4.90 Å². The number of nitrogens with one attached hydrogen (secondary N) is 1. The van der Waals surface area contributed by atoms with E-state index in [1.165, 1.54) is 29.2 Å². The van der Waals surface area contributed by atoms with Gasteiger partial charge in [-0.25, -0.2) is 4.39 Å². The summed E-state index contributed by atoms with van der Waals surface area (Å²) in [5, 5.41) is 2.46. The number of hydrogen-bond donors (Lipinski definition) is 1. The lowest BCUT2D eigenvalue weighted by Gasteiger charge is -2.34. The number of nitrogens with zero attached hydrogens (tertiary/aromatic N) is 1. The van der Waals surface area contributed by atoms with Crippen molar-refractivity contribution in [3.05, 3.63) is 30.1 Å². The number of ether oxygens (including phenoxy) is 1. The topological polar surface area (TPSA) is 58.6 Å². The molecule has 0 saturated carbocycles. The second kappa shape index (κ2) is 6.00. The molecule has 1 aliphatic heterocycles. The van der Waals surface area contributed by atoms with Crippen LogP contribution in [0.2, 0.25) is 0 Å². The predicted molar refractivity (Wildman–Crippen MR) is 71.6 cm³/mol. The Labute approximate surface area is 116 Å². The van der Waals surface area contributed by atoms with E-state index in [1.807, 2.05) is 13.8 Å². The largest absolute Gasteiger partial charge is 0.372 e. The molecule has 0 aromatic heterocycles. The minimum Gasteiger partial charge on any atom is -0.372 e. The molecule has 2 atom stereocenters. The Morgan fingerprint density at radius 2 is 1.75 bits per heavy atom. The number of anilines is 1. The Morgan fingerprint density at radius 3 is 2.30 bits per heavy atom. The summed E-state index contributed by atoms with van der Waals surface area (Å²) >= 11 is 0. The second-order valence-electron chi connectivity index (χ2n) is 4.93. The van der Waals surface area contributed by atoms with Gasteiger partial charge in [-0.2, -0.15) is 0 Å². The average molecular weight is 280 g/mol. The molecule has 1 aromatic rings. The lowest BCUT2D eigenvalue weighted by atomic mass is 10.2. The maximum Gasteiger partial charge on any atom is 0.313 e.